The zero-order valence-electron chi connectivity index (χ0n) is 17.3. The summed E-state index contributed by atoms with van der Waals surface area (Å²) in [4.78, 5) is 17.1. The number of sulfone groups is 1. The second-order valence-corrected chi connectivity index (χ2v) is 11.1. The fourth-order valence-corrected chi connectivity index (χ4v) is 5.17. The van der Waals surface area contributed by atoms with Gasteiger partial charge in [0.05, 0.1) is 5.56 Å². The van der Waals surface area contributed by atoms with Crippen molar-refractivity contribution in [3.63, 3.8) is 0 Å². The zero-order chi connectivity index (χ0) is 23.6. The van der Waals surface area contributed by atoms with Crippen LogP contribution in [0, 0.1) is 0 Å². The van der Waals surface area contributed by atoms with Crippen molar-refractivity contribution < 1.29 is 26.4 Å². The van der Waals surface area contributed by atoms with Crippen LogP contribution in [0.2, 0.25) is 0 Å². The summed E-state index contributed by atoms with van der Waals surface area (Å²) in [5.41, 5.74) is -1.07. The van der Waals surface area contributed by atoms with Gasteiger partial charge in [0.15, 0.2) is 9.77 Å². The van der Waals surface area contributed by atoms with Crippen molar-refractivity contribution in [1.29, 1.82) is 0 Å². The molecule has 0 spiro atoms. The van der Waals surface area contributed by atoms with Gasteiger partial charge in [-0.15, -0.1) is 11.8 Å². The molecule has 0 aliphatic heterocycles. The van der Waals surface area contributed by atoms with E-state index in [1.807, 2.05) is 42.5 Å². The van der Waals surface area contributed by atoms with E-state index in [-0.39, 0.29) is 6.54 Å². The summed E-state index contributed by atoms with van der Waals surface area (Å²) in [5.74, 6) is -0.244. The Morgan fingerprint density at radius 2 is 1.72 bits per heavy atom. The number of halogens is 3. The summed E-state index contributed by atoms with van der Waals surface area (Å²) in [6.45, 7) is 2.62. The molecule has 0 unspecified atom stereocenters. The first-order valence-corrected chi connectivity index (χ1v) is 12.1. The predicted octanol–water partition coefficient (Wildman–Crippen LogP) is 4.71. The van der Waals surface area contributed by atoms with Crippen LogP contribution < -0.4 is 5.32 Å². The number of amides is 1. The standard InChI is InChI=1S/C22H21F3N2O3S2/c1-21(2,32(29,30)19-11-10-16(14-27-19)22(23,24)25)20(28)26-12-13-31-18-9-5-7-15-6-3-4-8-17(15)18/h3-11,14H,12-13H2,1-2H3,(H,26,28). The van der Waals surface area contributed by atoms with Crippen LogP contribution >= 0.6 is 11.8 Å². The van der Waals surface area contributed by atoms with E-state index in [0.29, 0.717) is 18.0 Å². The molecule has 0 fully saturated rings. The maximum absolute atomic E-state index is 12.8. The Morgan fingerprint density at radius 1 is 1.03 bits per heavy atom. The second kappa shape index (κ2) is 9.11. The molecule has 1 heterocycles. The molecule has 1 N–H and O–H groups in total. The molecule has 170 valence electrons. The Labute approximate surface area is 188 Å². The first-order valence-electron chi connectivity index (χ1n) is 9.61. The van der Waals surface area contributed by atoms with E-state index in [4.69, 9.17) is 0 Å². The van der Waals surface area contributed by atoms with Crippen LogP contribution in [0.3, 0.4) is 0 Å². The molecule has 0 radical (unpaired) electrons. The summed E-state index contributed by atoms with van der Waals surface area (Å²) in [6.07, 6.45) is -4.19. The molecule has 0 bridgehead atoms. The quantitative estimate of drug-likeness (QED) is 0.390. The lowest BCUT2D eigenvalue weighted by Crippen LogP contribution is -2.48. The number of thioether (sulfide) groups is 1. The minimum atomic E-state index is -4.63. The molecule has 0 saturated heterocycles. The fourth-order valence-electron chi connectivity index (χ4n) is 2.95. The molecule has 0 atom stereocenters. The Bertz CT molecular complexity index is 1220. The van der Waals surface area contributed by atoms with Crippen LogP contribution in [0.4, 0.5) is 13.2 Å². The van der Waals surface area contributed by atoms with Gasteiger partial charge in [0.1, 0.15) is 0 Å². The van der Waals surface area contributed by atoms with Crippen LogP contribution in [0.5, 0.6) is 0 Å². The molecular weight excluding hydrogens is 461 g/mol. The van der Waals surface area contributed by atoms with E-state index < -0.39 is 37.3 Å². The van der Waals surface area contributed by atoms with Gasteiger partial charge in [-0.2, -0.15) is 13.2 Å². The number of carbonyl (C=O) groups is 1. The molecule has 3 rings (SSSR count). The minimum absolute atomic E-state index is 0.214. The fraction of sp³-hybridized carbons (Fsp3) is 0.273. The minimum Gasteiger partial charge on any atom is -0.354 e. The average Bonchev–Trinajstić information content (AvgIpc) is 2.76. The number of nitrogens with zero attached hydrogens (tertiary/aromatic N) is 1. The van der Waals surface area contributed by atoms with E-state index in [1.165, 1.54) is 25.6 Å². The first kappa shape index (κ1) is 24.1. The molecule has 3 aromatic rings. The first-order chi connectivity index (χ1) is 14.9. The molecule has 10 heteroatoms. The van der Waals surface area contributed by atoms with Crippen LogP contribution in [0.15, 0.2) is 70.7 Å². The third-order valence-electron chi connectivity index (χ3n) is 4.95. The van der Waals surface area contributed by atoms with E-state index in [2.05, 4.69) is 10.3 Å². The molecule has 5 nitrogen and oxygen atoms in total. The number of fused-ring (bicyclic) bond motifs is 1. The van der Waals surface area contributed by atoms with Crippen molar-refractivity contribution in [3.8, 4) is 0 Å². The number of nitrogens with one attached hydrogen (secondary N) is 1. The number of benzene rings is 2. The van der Waals surface area contributed by atoms with Gasteiger partial charge >= 0.3 is 6.18 Å². The van der Waals surface area contributed by atoms with Gasteiger partial charge in [-0.05, 0) is 42.8 Å². The van der Waals surface area contributed by atoms with Gasteiger partial charge in [-0.25, -0.2) is 13.4 Å². The average molecular weight is 483 g/mol. The highest BCUT2D eigenvalue weighted by Gasteiger charge is 2.44. The van der Waals surface area contributed by atoms with Crippen molar-refractivity contribution in [2.45, 2.75) is 34.7 Å². The molecule has 1 amide bonds. The largest absolute Gasteiger partial charge is 0.417 e. The van der Waals surface area contributed by atoms with Gasteiger partial charge in [0.2, 0.25) is 15.7 Å². The topological polar surface area (TPSA) is 76.1 Å². The maximum Gasteiger partial charge on any atom is 0.417 e. The van der Waals surface area contributed by atoms with E-state index in [0.717, 1.165) is 21.7 Å². The Morgan fingerprint density at radius 3 is 2.38 bits per heavy atom. The lowest BCUT2D eigenvalue weighted by Gasteiger charge is -2.23. The number of rotatable bonds is 7. The van der Waals surface area contributed by atoms with Gasteiger partial charge in [-0.1, -0.05) is 36.4 Å². The number of alkyl halides is 3. The van der Waals surface area contributed by atoms with Crippen molar-refractivity contribution in [2.75, 3.05) is 12.3 Å². The molecule has 0 saturated carbocycles. The van der Waals surface area contributed by atoms with Crippen LogP contribution in [-0.2, 0) is 20.8 Å². The molecule has 0 aliphatic rings. The van der Waals surface area contributed by atoms with Gasteiger partial charge < -0.3 is 5.32 Å². The predicted molar refractivity (Wildman–Crippen MR) is 118 cm³/mol. The normalized spacial score (nSPS) is 12.7. The lowest BCUT2D eigenvalue weighted by molar-refractivity contribution is -0.137. The molecule has 2 aromatic carbocycles. The Hall–Kier alpha value is -2.59. The third kappa shape index (κ3) is 4.91. The van der Waals surface area contributed by atoms with Crippen LogP contribution in [-0.4, -0.2) is 36.4 Å². The zero-order valence-corrected chi connectivity index (χ0v) is 18.9. The number of aromatic nitrogens is 1. The summed E-state index contributed by atoms with van der Waals surface area (Å²) in [7, 11) is -4.32. The molecule has 1 aromatic heterocycles. The van der Waals surface area contributed by atoms with Gasteiger partial charge in [0.25, 0.3) is 0 Å². The number of carbonyl (C=O) groups excluding carboxylic acids is 1. The molecular formula is C22H21F3N2O3S2. The monoisotopic (exact) mass is 482 g/mol. The van der Waals surface area contributed by atoms with E-state index in [9.17, 15) is 26.4 Å². The van der Waals surface area contributed by atoms with Crippen molar-refractivity contribution in [3.05, 3.63) is 66.4 Å². The van der Waals surface area contributed by atoms with Crippen LogP contribution in [0.25, 0.3) is 10.8 Å². The third-order valence-corrected chi connectivity index (χ3v) is 8.35. The summed E-state index contributed by atoms with van der Waals surface area (Å²) >= 11 is 1.53. The summed E-state index contributed by atoms with van der Waals surface area (Å²) in [5, 5.41) is 4.20. The second-order valence-electron chi connectivity index (χ2n) is 7.48. The number of hydrogen-bond acceptors (Lipinski definition) is 5. The lowest BCUT2D eigenvalue weighted by atomic mass is 10.1. The highest BCUT2D eigenvalue weighted by Crippen LogP contribution is 2.31. The highest BCUT2D eigenvalue weighted by atomic mass is 32.2. The van der Waals surface area contributed by atoms with Crippen molar-refractivity contribution in [1.82, 2.24) is 10.3 Å². The Balaban J connectivity index is 1.64. The Kier molecular flexibility index (Phi) is 6.85. The molecule has 32 heavy (non-hydrogen) atoms. The smallest absolute Gasteiger partial charge is 0.354 e. The summed E-state index contributed by atoms with van der Waals surface area (Å²) < 4.78 is 61.9. The van der Waals surface area contributed by atoms with Gasteiger partial charge in [0, 0.05) is 23.4 Å². The number of hydrogen-bond donors (Lipinski definition) is 1. The van der Waals surface area contributed by atoms with E-state index in [1.54, 1.807) is 0 Å². The van der Waals surface area contributed by atoms with Gasteiger partial charge in [-0.3, -0.25) is 4.79 Å². The van der Waals surface area contributed by atoms with Crippen molar-refractivity contribution >= 4 is 38.3 Å². The SMILES string of the molecule is CC(C)(C(=O)NCCSc1cccc2ccccc12)S(=O)(=O)c1ccc(C(F)(F)F)cn1. The molecule has 0 aliphatic carbocycles. The summed E-state index contributed by atoms with van der Waals surface area (Å²) in [6, 6.07) is 15.2. The number of pyridine rings is 1. The maximum atomic E-state index is 12.8. The van der Waals surface area contributed by atoms with E-state index >= 15 is 0 Å². The highest BCUT2D eigenvalue weighted by molar-refractivity contribution is 7.99. The van der Waals surface area contributed by atoms with Crippen LogP contribution in [0.1, 0.15) is 19.4 Å². The van der Waals surface area contributed by atoms with Crippen molar-refractivity contribution in [2.24, 2.45) is 0 Å².